The van der Waals surface area contributed by atoms with Gasteiger partial charge in [-0.1, -0.05) is 12.1 Å². The van der Waals surface area contributed by atoms with E-state index in [0.717, 1.165) is 12.1 Å². The quantitative estimate of drug-likeness (QED) is 0.842. The monoisotopic (exact) mass is 347 g/mol. The number of carbonyl (C=O) groups is 2. The second kappa shape index (κ2) is 7.18. The van der Waals surface area contributed by atoms with E-state index < -0.39 is 49.0 Å². The number of halogens is 3. The van der Waals surface area contributed by atoms with Gasteiger partial charge in [-0.25, -0.2) is 4.79 Å². The number of aliphatic hydroxyl groups is 1. The average Bonchev–Trinajstić information content (AvgIpc) is 2.88. The van der Waals surface area contributed by atoms with E-state index >= 15 is 0 Å². The molecule has 1 aliphatic rings. The maximum absolute atomic E-state index is 12.6. The van der Waals surface area contributed by atoms with Crippen LogP contribution in [0.5, 0.6) is 0 Å². The fourth-order valence-corrected chi connectivity index (χ4v) is 2.61. The van der Waals surface area contributed by atoms with E-state index in [9.17, 15) is 27.9 Å². The Morgan fingerprint density at radius 1 is 1.21 bits per heavy atom. The van der Waals surface area contributed by atoms with Crippen molar-refractivity contribution in [3.63, 3.8) is 0 Å². The van der Waals surface area contributed by atoms with Crippen molar-refractivity contribution >= 4 is 11.9 Å². The fraction of sp³-hybridized carbons (Fsp3) is 0.467. The van der Waals surface area contributed by atoms with Crippen LogP contribution in [0, 0.1) is 0 Å². The molecular formula is C15H16F3NO5. The van der Waals surface area contributed by atoms with Gasteiger partial charge in [0, 0.05) is 6.54 Å². The highest BCUT2D eigenvalue weighted by Crippen LogP contribution is 2.35. The van der Waals surface area contributed by atoms with E-state index in [-0.39, 0.29) is 13.0 Å². The van der Waals surface area contributed by atoms with Crippen molar-refractivity contribution in [2.24, 2.45) is 0 Å². The molecule has 0 unspecified atom stereocenters. The Labute approximate surface area is 135 Å². The number of likely N-dealkylation sites (tertiary alicyclic amines) is 1. The standard InChI is InChI=1S/C15H16F3NO5/c16-15(17,18)10-3-1-9(2-4-10)12-5-11(20)6-19(12)13(21)7-24-8-14(22)23/h1-4,11-12,20H,5-8H2,(H,22,23)/t11-,12+/m1/s1. The van der Waals surface area contributed by atoms with Crippen molar-refractivity contribution in [1.82, 2.24) is 4.90 Å². The van der Waals surface area contributed by atoms with Gasteiger partial charge in [0.15, 0.2) is 0 Å². The van der Waals surface area contributed by atoms with Gasteiger partial charge in [0.25, 0.3) is 0 Å². The molecule has 6 nitrogen and oxygen atoms in total. The first-order valence-electron chi connectivity index (χ1n) is 7.12. The van der Waals surface area contributed by atoms with Crippen LogP contribution in [0.25, 0.3) is 0 Å². The molecule has 1 aromatic rings. The summed E-state index contributed by atoms with van der Waals surface area (Å²) in [6.07, 6.45) is -5.06. The van der Waals surface area contributed by atoms with Crippen molar-refractivity contribution in [3.05, 3.63) is 35.4 Å². The van der Waals surface area contributed by atoms with Crippen LogP contribution in [-0.2, 0) is 20.5 Å². The van der Waals surface area contributed by atoms with Crippen LogP contribution in [0.4, 0.5) is 13.2 Å². The number of alkyl halides is 3. The molecule has 1 saturated heterocycles. The molecule has 0 saturated carbocycles. The van der Waals surface area contributed by atoms with Gasteiger partial charge in [-0.2, -0.15) is 13.2 Å². The third-order valence-electron chi connectivity index (χ3n) is 3.67. The molecule has 1 aliphatic heterocycles. The van der Waals surface area contributed by atoms with Gasteiger partial charge < -0.3 is 19.8 Å². The predicted molar refractivity (Wildman–Crippen MR) is 75.0 cm³/mol. The summed E-state index contributed by atoms with van der Waals surface area (Å²) >= 11 is 0. The lowest BCUT2D eigenvalue weighted by molar-refractivity contribution is -0.146. The molecule has 0 radical (unpaired) electrons. The molecule has 1 amide bonds. The van der Waals surface area contributed by atoms with Crippen molar-refractivity contribution in [2.75, 3.05) is 19.8 Å². The number of carboxylic acids is 1. The number of aliphatic carboxylic acids is 1. The van der Waals surface area contributed by atoms with Crippen molar-refractivity contribution in [2.45, 2.75) is 24.7 Å². The molecule has 1 fully saturated rings. The highest BCUT2D eigenvalue weighted by Gasteiger charge is 2.36. The summed E-state index contributed by atoms with van der Waals surface area (Å²) in [6, 6.07) is 3.80. The third-order valence-corrected chi connectivity index (χ3v) is 3.67. The van der Waals surface area contributed by atoms with Gasteiger partial charge in [-0.3, -0.25) is 4.79 Å². The normalized spacial score (nSPS) is 21.1. The van der Waals surface area contributed by atoms with Crippen LogP contribution in [0.15, 0.2) is 24.3 Å². The van der Waals surface area contributed by atoms with Crippen LogP contribution < -0.4 is 0 Å². The minimum atomic E-state index is -4.45. The summed E-state index contributed by atoms with van der Waals surface area (Å²) in [7, 11) is 0. The van der Waals surface area contributed by atoms with E-state index in [1.807, 2.05) is 0 Å². The number of hydrogen-bond acceptors (Lipinski definition) is 4. The number of carbonyl (C=O) groups excluding carboxylic acids is 1. The number of aliphatic hydroxyl groups excluding tert-OH is 1. The lowest BCUT2D eigenvalue weighted by Gasteiger charge is -2.25. The molecule has 9 heteroatoms. The van der Waals surface area contributed by atoms with Gasteiger partial charge in [-0.05, 0) is 24.1 Å². The molecule has 0 aromatic heterocycles. The maximum Gasteiger partial charge on any atom is 0.416 e. The van der Waals surface area contributed by atoms with Gasteiger partial charge in [-0.15, -0.1) is 0 Å². The van der Waals surface area contributed by atoms with E-state index in [2.05, 4.69) is 0 Å². The van der Waals surface area contributed by atoms with Gasteiger partial charge in [0.05, 0.1) is 17.7 Å². The Balaban J connectivity index is 2.09. The number of hydrogen-bond donors (Lipinski definition) is 2. The minimum Gasteiger partial charge on any atom is -0.480 e. The van der Waals surface area contributed by atoms with Crippen LogP contribution in [0.3, 0.4) is 0 Å². The molecule has 0 aliphatic carbocycles. The van der Waals surface area contributed by atoms with E-state index in [0.29, 0.717) is 5.56 Å². The number of amides is 1. The zero-order chi connectivity index (χ0) is 17.9. The van der Waals surface area contributed by atoms with E-state index in [1.165, 1.54) is 17.0 Å². The van der Waals surface area contributed by atoms with Crippen molar-refractivity contribution in [1.29, 1.82) is 0 Å². The number of benzene rings is 1. The Hall–Kier alpha value is -2.13. The predicted octanol–water partition coefficient (Wildman–Crippen LogP) is 1.44. The number of carboxylic acid groups (broad SMARTS) is 1. The second-order valence-corrected chi connectivity index (χ2v) is 5.46. The first-order chi connectivity index (χ1) is 11.2. The smallest absolute Gasteiger partial charge is 0.416 e. The molecule has 2 atom stereocenters. The van der Waals surface area contributed by atoms with Gasteiger partial charge >= 0.3 is 12.1 Å². The summed E-state index contributed by atoms with van der Waals surface area (Å²) in [5.74, 6) is -1.75. The summed E-state index contributed by atoms with van der Waals surface area (Å²) in [4.78, 5) is 23.8. The average molecular weight is 347 g/mol. The molecular weight excluding hydrogens is 331 g/mol. The molecule has 1 aromatic carbocycles. The maximum atomic E-state index is 12.6. The molecule has 0 bridgehead atoms. The highest BCUT2D eigenvalue weighted by molar-refractivity contribution is 5.79. The summed E-state index contributed by atoms with van der Waals surface area (Å²) in [6.45, 7) is -1.09. The molecule has 0 spiro atoms. The first-order valence-corrected chi connectivity index (χ1v) is 7.12. The van der Waals surface area contributed by atoms with Gasteiger partial charge in [0.1, 0.15) is 13.2 Å². The zero-order valence-corrected chi connectivity index (χ0v) is 12.5. The number of ether oxygens (including phenoxy) is 1. The van der Waals surface area contributed by atoms with Gasteiger partial charge in [0.2, 0.25) is 5.91 Å². The molecule has 1 heterocycles. The Morgan fingerprint density at radius 2 is 1.83 bits per heavy atom. The van der Waals surface area contributed by atoms with Crippen LogP contribution in [0.1, 0.15) is 23.6 Å². The number of nitrogens with zero attached hydrogens (tertiary/aromatic N) is 1. The van der Waals surface area contributed by atoms with Crippen LogP contribution in [-0.4, -0.2) is 52.9 Å². The molecule has 24 heavy (non-hydrogen) atoms. The fourth-order valence-electron chi connectivity index (χ4n) is 2.61. The first kappa shape index (κ1) is 18.2. The largest absolute Gasteiger partial charge is 0.480 e. The minimum absolute atomic E-state index is 0.0148. The van der Waals surface area contributed by atoms with E-state index in [1.54, 1.807) is 0 Å². The number of β-amino-alcohol motifs (C(OH)–C–C–N with tert-alkyl or cyclic N) is 1. The van der Waals surface area contributed by atoms with Crippen LogP contribution >= 0.6 is 0 Å². The zero-order valence-electron chi connectivity index (χ0n) is 12.5. The lowest BCUT2D eigenvalue weighted by Crippen LogP contribution is -2.35. The van der Waals surface area contributed by atoms with Crippen molar-refractivity contribution in [3.8, 4) is 0 Å². The Bertz CT molecular complexity index is 602. The highest BCUT2D eigenvalue weighted by atomic mass is 19.4. The summed E-state index contributed by atoms with van der Waals surface area (Å²) in [5, 5.41) is 18.2. The molecule has 132 valence electrons. The van der Waals surface area contributed by atoms with E-state index in [4.69, 9.17) is 9.84 Å². The molecule has 2 N–H and O–H groups in total. The van der Waals surface area contributed by atoms with Crippen molar-refractivity contribution < 1.29 is 37.7 Å². The lowest BCUT2D eigenvalue weighted by atomic mass is 10.0. The topological polar surface area (TPSA) is 87.1 Å². The second-order valence-electron chi connectivity index (χ2n) is 5.46. The van der Waals surface area contributed by atoms with Crippen LogP contribution in [0.2, 0.25) is 0 Å². The molecule has 2 rings (SSSR count). The SMILES string of the molecule is O=C(O)COCC(=O)N1C[C@H](O)C[C@H]1c1ccc(C(F)(F)F)cc1. The third kappa shape index (κ3) is 4.45. The summed E-state index contributed by atoms with van der Waals surface area (Å²) < 4.78 is 42.5. The number of rotatable bonds is 5. The Kier molecular flexibility index (Phi) is 5.45. The Morgan fingerprint density at radius 3 is 2.38 bits per heavy atom. The summed E-state index contributed by atoms with van der Waals surface area (Å²) in [5.41, 5.74) is -0.335.